The Labute approximate surface area is 114 Å². The largest absolute Gasteiger partial charge is 0.496 e. The summed E-state index contributed by atoms with van der Waals surface area (Å²) in [5, 5.41) is 10.0. The summed E-state index contributed by atoms with van der Waals surface area (Å²) >= 11 is 0. The van der Waals surface area contributed by atoms with E-state index in [2.05, 4.69) is 0 Å². The lowest BCUT2D eigenvalue weighted by Gasteiger charge is -2.25. The zero-order valence-corrected chi connectivity index (χ0v) is 11.7. The topological polar surface area (TPSA) is 55.5 Å². The van der Waals surface area contributed by atoms with Crippen LogP contribution in [0.5, 0.6) is 5.75 Å². The number of nitrogens with two attached hydrogens (primary N) is 1. The number of ether oxygens (including phenoxy) is 1. The number of rotatable bonds is 5. The number of halogens is 2. The molecule has 0 amide bonds. The van der Waals surface area contributed by atoms with Gasteiger partial charge in [0.05, 0.1) is 19.3 Å². The highest BCUT2D eigenvalue weighted by atomic mass is 35.5. The molecule has 0 fully saturated rings. The molecule has 1 unspecified atom stereocenters. The van der Waals surface area contributed by atoms with Gasteiger partial charge < -0.3 is 15.6 Å². The molecule has 3 nitrogen and oxygen atoms in total. The van der Waals surface area contributed by atoms with Crippen LogP contribution >= 0.6 is 12.4 Å². The number of methoxy groups -OCH3 is 1. The first-order valence-electron chi connectivity index (χ1n) is 5.78. The van der Waals surface area contributed by atoms with E-state index in [1.54, 1.807) is 12.1 Å². The van der Waals surface area contributed by atoms with Crippen LogP contribution in [0.1, 0.15) is 31.9 Å². The van der Waals surface area contributed by atoms with Crippen molar-refractivity contribution in [1.29, 1.82) is 0 Å². The van der Waals surface area contributed by atoms with Crippen molar-refractivity contribution in [3.63, 3.8) is 0 Å². The standard InChI is InChI=1S/C13H20FNO2.ClH/c1-4-8(2)13(16)12(15)11-9(14)6-5-7-10(11)17-3;/h5-8,12-13,16H,4,15H2,1-3H3;1H/t8?,12-,13+;/m1./s1. The maximum atomic E-state index is 13.7. The third kappa shape index (κ3) is 3.57. The van der Waals surface area contributed by atoms with Gasteiger partial charge in [0.2, 0.25) is 0 Å². The molecule has 0 aliphatic rings. The van der Waals surface area contributed by atoms with E-state index in [0.29, 0.717) is 5.75 Å². The van der Waals surface area contributed by atoms with E-state index in [1.807, 2.05) is 13.8 Å². The smallest absolute Gasteiger partial charge is 0.131 e. The Balaban J connectivity index is 0.00000289. The molecule has 1 aromatic rings. The van der Waals surface area contributed by atoms with E-state index in [1.165, 1.54) is 13.2 Å². The summed E-state index contributed by atoms with van der Waals surface area (Å²) in [5.41, 5.74) is 6.16. The molecule has 104 valence electrons. The highest BCUT2D eigenvalue weighted by Crippen LogP contribution is 2.31. The van der Waals surface area contributed by atoms with Gasteiger partial charge in [-0.2, -0.15) is 0 Å². The second-order valence-electron chi connectivity index (χ2n) is 4.26. The van der Waals surface area contributed by atoms with Gasteiger partial charge in [0.25, 0.3) is 0 Å². The Bertz CT molecular complexity index is 376. The van der Waals surface area contributed by atoms with Crippen molar-refractivity contribution in [2.75, 3.05) is 7.11 Å². The number of benzene rings is 1. The predicted octanol–water partition coefficient (Wildman–Crippen LogP) is 2.66. The first-order valence-corrected chi connectivity index (χ1v) is 5.78. The molecule has 1 aromatic carbocycles. The molecule has 0 bridgehead atoms. The minimum Gasteiger partial charge on any atom is -0.496 e. The van der Waals surface area contributed by atoms with Crippen LogP contribution in [-0.4, -0.2) is 18.3 Å². The van der Waals surface area contributed by atoms with Crippen molar-refractivity contribution in [2.45, 2.75) is 32.4 Å². The molecule has 3 N–H and O–H groups in total. The lowest BCUT2D eigenvalue weighted by molar-refractivity contribution is 0.0857. The van der Waals surface area contributed by atoms with E-state index in [4.69, 9.17) is 10.5 Å². The average Bonchev–Trinajstić information content (AvgIpc) is 2.35. The molecular weight excluding hydrogens is 257 g/mol. The van der Waals surface area contributed by atoms with Crippen LogP contribution in [0.3, 0.4) is 0 Å². The van der Waals surface area contributed by atoms with Crippen molar-refractivity contribution in [1.82, 2.24) is 0 Å². The van der Waals surface area contributed by atoms with Gasteiger partial charge in [-0.15, -0.1) is 12.4 Å². The summed E-state index contributed by atoms with van der Waals surface area (Å²) in [6, 6.07) is 3.74. The Hall–Kier alpha value is -0.840. The summed E-state index contributed by atoms with van der Waals surface area (Å²) in [6.45, 7) is 3.84. The van der Waals surface area contributed by atoms with Crippen LogP contribution in [0.25, 0.3) is 0 Å². The maximum absolute atomic E-state index is 13.7. The molecule has 3 atom stereocenters. The molecular formula is C13H21ClFNO2. The molecule has 0 spiro atoms. The van der Waals surface area contributed by atoms with E-state index in [9.17, 15) is 9.50 Å². The fourth-order valence-corrected chi connectivity index (χ4v) is 1.78. The highest BCUT2D eigenvalue weighted by molar-refractivity contribution is 5.85. The number of aliphatic hydroxyl groups is 1. The molecule has 1 rings (SSSR count). The second-order valence-corrected chi connectivity index (χ2v) is 4.26. The molecule has 0 saturated heterocycles. The minimum atomic E-state index is -0.786. The van der Waals surface area contributed by atoms with Gasteiger partial charge in [0, 0.05) is 5.56 Å². The van der Waals surface area contributed by atoms with Crippen molar-refractivity contribution in [3.8, 4) is 5.75 Å². The number of aliphatic hydroxyl groups excluding tert-OH is 1. The van der Waals surface area contributed by atoms with Crippen LogP contribution in [0.15, 0.2) is 18.2 Å². The van der Waals surface area contributed by atoms with Gasteiger partial charge in [0.15, 0.2) is 0 Å². The van der Waals surface area contributed by atoms with Gasteiger partial charge in [0.1, 0.15) is 11.6 Å². The van der Waals surface area contributed by atoms with Gasteiger partial charge in [-0.1, -0.05) is 26.3 Å². The molecule has 18 heavy (non-hydrogen) atoms. The minimum absolute atomic E-state index is 0. The molecule has 0 heterocycles. The lowest BCUT2D eigenvalue weighted by Crippen LogP contribution is -2.32. The molecule has 5 heteroatoms. The van der Waals surface area contributed by atoms with Crippen molar-refractivity contribution in [3.05, 3.63) is 29.6 Å². The monoisotopic (exact) mass is 277 g/mol. The van der Waals surface area contributed by atoms with E-state index in [0.717, 1.165) is 6.42 Å². The molecule has 0 saturated carbocycles. The normalized spacial score (nSPS) is 15.4. The zero-order valence-electron chi connectivity index (χ0n) is 10.9. The van der Waals surface area contributed by atoms with Crippen LogP contribution in [-0.2, 0) is 0 Å². The molecule has 0 radical (unpaired) electrons. The Kier molecular flexibility index (Phi) is 7.21. The third-order valence-electron chi connectivity index (χ3n) is 3.16. The van der Waals surface area contributed by atoms with Crippen LogP contribution in [0, 0.1) is 11.7 Å². The molecule has 0 aliphatic carbocycles. The van der Waals surface area contributed by atoms with Crippen molar-refractivity contribution in [2.24, 2.45) is 11.7 Å². The Morgan fingerprint density at radius 2 is 2.06 bits per heavy atom. The predicted molar refractivity (Wildman–Crippen MR) is 72.6 cm³/mol. The first kappa shape index (κ1) is 17.2. The molecule has 0 aromatic heterocycles. The lowest BCUT2D eigenvalue weighted by atomic mass is 9.91. The fourth-order valence-electron chi connectivity index (χ4n) is 1.78. The quantitative estimate of drug-likeness (QED) is 0.870. The SMILES string of the molecule is CCC(C)[C@H](O)[C@H](N)c1c(F)cccc1OC.Cl. The summed E-state index contributed by atoms with van der Waals surface area (Å²) in [5.74, 6) is -0.0617. The van der Waals surface area contributed by atoms with Crippen molar-refractivity contribution < 1.29 is 14.2 Å². The summed E-state index contributed by atoms with van der Waals surface area (Å²) in [6.07, 6.45) is -0.00293. The van der Waals surface area contributed by atoms with Gasteiger partial charge in [-0.25, -0.2) is 4.39 Å². The Morgan fingerprint density at radius 3 is 2.56 bits per heavy atom. The van der Waals surface area contributed by atoms with Crippen LogP contribution < -0.4 is 10.5 Å². The average molecular weight is 278 g/mol. The van der Waals surface area contributed by atoms with Gasteiger partial charge in [-0.3, -0.25) is 0 Å². The van der Waals surface area contributed by atoms with Gasteiger partial charge >= 0.3 is 0 Å². The maximum Gasteiger partial charge on any atom is 0.131 e. The Morgan fingerprint density at radius 1 is 1.44 bits per heavy atom. The van der Waals surface area contributed by atoms with E-state index < -0.39 is 18.0 Å². The van der Waals surface area contributed by atoms with Crippen LogP contribution in [0.4, 0.5) is 4.39 Å². The summed E-state index contributed by atoms with van der Waals surface area (Å²) < 4.78 is 18.8. The first-order chi connectivity index (χ1) is 8.02. The molecule has 0 aliphatic heterocycles. The van der Waals surface area contributed by atoms with E-state index in [-0.39, 0.29) is 23.9 Å². The highest BCUT2D eigenvalue weighted by Gasteiger charge is 2.26. The number of hydrogen-bond acceptors (Lipinski definition) is 3. The third-order valence-corrected chi connectivity index (χ3v) is 3.16. The summed E-state index contributed by atoms with van der Waals surface area (Å²) in [7, 11) is 1.46. The fraction of sp³-hybridized carbons (Fsp3) is 0.538. The van der Waals surface area contributed by atoms with Crippen LogP contribution in [0.2, 0.25) is 0 Å². The van der Waals surface area contributed by atoms with Crippen molar-refractivity contribution >= 4 is 12.4 Å². The second kappa shape index (κ2) is 7.56. The summed E-state index contributed by atoms with van der Waals surface area (Å²) in [4.78, 5) is 0. The van der Waals surface area contributed by atoms with Gasteiger partial charge in [-0.05, 0) is 18.1 Å². The zero-order chi connectivity index (χ0) is 13.0. The number of hydrogen-bond donors (Lipinski definition) is 2. The van der Waals surface area contributed by atoms with E-state index >= 15 is 0 Å².